The molecule has 6 heteroatoms. The first-order valence-corrected chi connectivity index (χ1v) is 6.53. The lowest BCUT2D eigenvalue weighted by Gasteiger charge is -2.09. The smallest absolute Gasteiger partial charge is 0.252 e. The lowest BCUT2D eigenvalue weighted by atomic mass is 10.1. The van der Waals surface area contributed by atoms with Gasteiger partial charge in [0.25, 0.3) is 5.91 Å². The second kappa shape index (κ2) is 5.62. The van der Waals surface area contributed by atoms with Crippen LogP contribution in [0.4, 0.5) is 5.82 Å². The largest absolute Gasteiger partial charge is 0.373 e. The number of carbonyl (C=O) groups excluding carboxylic acids is 1. The van der Waals surface area contributed by atoms with Gasteiger partial charge in [0, 0.05) is 18.5 Å². The third-order valence-corrected chi connectivity index (χ3v) is 3.13. The quantitative estimate of drug-likeness (QED) is 0.766. The number of pyridine rings is 1. The standard InChI is InChI=1S/C15H14N4O2/c1-16-14-8-12(11-4-2-3-5-13(11)19-14)15(20)17-9-10-6-7-18-21-10/h2-8H,9H2,1H3,(H,16,19)(H,17,20). The minimum Gasteiger partial charge on any atom is -0.373 e. The molecular formula is C15H14N4O2. The Labute approximate surface area is 121 Å². The summed E-state index contributed by atoms with van der Waals surface area (Å²) in [5, 5.41) is 10.2. The van der Waals surface area contributed by atoms with Crippen LogP contribution in [-0.2, 0) is 6.54 Å². The van der Waals surface area contributed by atoms with Gasteiger partial charge in [0.1, 0.15) is 5.82 Å². The minimum atomic E-state index is -0.179. The molecular weight excluding hydrogens is 268 g/mol. The number of carbonyl (C=O) groups is 1. The lowest BCUT2D eigenvalue weighted by Crippen LogP contribution is -2.23. The van der Waals surface area contributed by atoms with Crippen LogP contribution in [0.3, 0.4) is 0 Å². The molecule has 106 valence electrons. The van der Waals surface area contributed by atoms with Gasteiger partial charge < -0.3 is 15.2 Å². The number of rotatable bonds is 4. The first kappa shape index (κ1) is 13.1. The van der Waals surface area contributed by atoms with Crippen LogP contribution in [0.25, 0.3) is 10.9 Å². The molecule has 2 N–H and O–H groups in total. The first-order chi connectivity index (χ1) is 10.3. The van der Waals surface area contributed by atoms with Gasteiger partial charge in [-0.2, -0.15) is 0 Å². The van der Waals surface area contributed by atoms with Crippen LogP contribution in [-0.4, -0.2) is 23.1 Å². The molecule has 0 aliphatic heterocycles. The summed E-state index contributed by atoms with van der Waals surface area (Å²) >= 11 is 0. The van der Waals surface area contributed by atoms with Crippen molar-refractivity contribution in [1.82, 2.24) is 15.5 Å². The fraction of sp³-hybridized carbons (Fsp3) is 0.133. The normalized spacial score (nSPS) is 10.5. The average Bonchev–Trinajstić information content (AvgIpc) is 3.05. The number of hydrogen-bond donors (Lipinski definition) is 2. The molecule has 0 atom stereocenters. The average molecular weight is 282 g/mol. The van der Waals surface area contributed by atoms with Crippen LogP contribution < -0.4 is 10.6 Å². The van der Waals surface area contributed by atoms with Crippen LogP contribution >= 0.6 is 0 Å². The van der Waals surface area contributed by atoms with E-state index in [1.54, 1.807) is 25.4 Å². The highest BCUT2D eigenvalue weighted by Gasteiger charge is 2.12. The molecule has 2 aromatic heterocycles. The summed E-state index contributed by atoms with van der Waals surface area (Å²) in [6.07, 6.45) is 1.54. The molecule has 0 saturated carbocycles. The van der Waals surface area contributed by atoms with E-state index in [9.17, 15) is 4.79 Å². The molecule has 1 aromatic carbocycles. The molecule has 2 heterocycles. The Morgan fingerprint density at radius 3 is 2.90 bits per heavy atom. The highest BCUT2D eigenvalue weighted by Crippen LogP contribution is 2.20. The Kier molecular flexibility index (Phi) is 3.51. The fourth-order valence-electron chi connectivity index (χ4n) is 2.09. The Morgan fingerprint density at radius 2 is 2.14 bits per heavy atom. The van der Waals surface area contributed by atoms with Crippen molar-refractivity contribution in [3.05, 3.63) is 53.9 Å². The summed E-state index contributed by atoms with van der Waals surface area (Å²) in [6.45, 7) is 0.296. The molecule has 3 aromatic rings. The number of aromatic nitrogens is 2. The number of amides is 1. The molecule has 0 radical (unpaired) electrons. The van der Waals surface area contributed by atoms with Gasteiger partial charge in [-0.3, -0.25) is 4.79 Å². The summed E-state index contributed by atoms with van der Waals surface area (Å²) in [5.74, 6) is 1.08. The van der Waals surface area contributed by atoms with Crippen molar-refractivity contribution in [2.45, 2.75) is 6.54 Å². The summed E-state index contributed by atoms with van der Waals surface area (Å²) in [7, 11) is 1.77. The van der Waals surface area contributed by atoms with Gasteiger partial charge in [0.2, 0.25) is 0 Å². The molecule has 0 saturated heterocycles. The number of para-hydroxylation sites is 1. The predicted octanol–water partition coefficient (Wildman–Crippen LogP) is 2.19. The van der Waals surface area contributed by atoms with Crippen LogP contribution in [0, 0.1) is 0 Å². The predicted molar refractivity (Wildman–Crippen MR) is 79.0 cm³/mol. The third kappa shape index (κ3) is 2.69. The zero-order valence-electron chi connectivity index (χ0n) is 11.5. The van der Waals surface area contributed by atoms with Gasteiger partial charge in [-0.15, -0.1) is 0 Å². The molecule has 3 rings (SSSR count). The van der Waals surface area contributed by atoms with Gasteiger partial charge in [-0.05, 0) is 12.1 Å². The summed E-state index contributed by atoms with van der Waals surface area (Å²) < 4.78 is 4.96. The zero-order chi connectivity index (χ0) is 14.7. The van der Waals surface area contributed by atoms with E-state index in [2.05, 4.69) is 20.8 Å². The molecule has 1 amide bonds. The highest BCUT2D eigenvalue weighted by molar-refractivity contribution is 6.06. The highest BCUT2D eigenvalue weighted by atomic mass is 16.5. The van der Waals surface area contributed by atoms with E-state index < -0.39 is 0 Å². The van der Waals surface area contributed by atoms with Crippen molar-refractivity contribution in [3.8, 4) is 0 Å². The van der Waals surface area contributed by atoms with Crippen molar-refractivity contribution in [1.29, 1.82) is 0 Å². The number of benzene rings is 1. The van der Waals surface area contributed by atoms with Gasteiger partial charge in [0.05, 0.1) is 23.8 Å². The second-order valence-electron chi connectivity index (χ2n) is 4.48. The van der Waals surface area contributed by atoms with Crippen molar-refractivity contribution < 1.29 is 9.32 Å². The van der Waals surface area contributed by atoms with Crippen molar-refractivity contribution >= 4 is 22.6 Å². The molecule has 0 aliphatic rings. The Balaban J connectivity index is 1.92. The van der Waals surface area contributed by atoms with Crippen molar-refractivity contribution in [2.24, 2.45) is 0 Å². The lowest BCUT2D eigenvalue weighted by molar-refractivity contribution is 0.0948. The second-order valence-corrected chi connectivity index (χ2v) is 4.48. The Bertz CT molecular complexity index is 768. The number of nitrogens with zero attached hydrogens (tertiary/aromatic N) is 2. The summed E-state index contributed by atoms with van der Waals surface area (Å²) in [4.78, 5) is 16.8. The van der Waals surface area contributed by atoms with E-state index >= 15 is 0 Å². The Morgan fingerprint density at radius 1 is 1.29 bits per heavy atom. The Hall–Kier alpha value is -2.89. The maximum atomic E-state index is 12.4. The van der Waals surface area contributed by atoms with E-state index in [1.165, 1.54) is 0 Å². The van der Waals surface area contributed by atoms with Gasteiger partial charge in [0.15, 0.2) is 5.76 Å². The summed E-state index contributed by atoms with van der Waals surface area (Å²) in [5.41, 5.74) is 1.35. The minimum absolute atomic E-state index is 0.179. The van der Waals surface area contributed by atoms with Gasteiger partial charge in [-0.25, -0.2) is 4.98 Å². The SMILES string of the molecule is CNc1cc(C(=O)NCc2ccno2)c2ccccc2n1. The molecule has 0 aliphatic carbocycles. The maximum Gasteiger partial charge on any atom is 0.252 e. The maximum absolute atomic E-state index is 12.4. The topological polar surface area (TPSA) is 80.0 Å². The summed E-state index contributed by atoms with van der Waals surface area (Å²) in [6, 6.07) is 11.0. The molecule has 0 spiro atoms. The van der Waals surface area contributed by atoms with E-state index in [0.29, 0.717) is 23.7 Å². The van der Waals surface area contributed by atoms with Crippen LogP contribution in [0.2, 0.25) is 0 Å². The van der Waals surface area contributed by atoms with Crippen molar-refractivity contribution in [3.63, 3.8) is 0 Å². The molecule has 21 heavy (non-hydrogen) atoms. The molecule has 0 fully saturated rings. The molecule has 0 bridgehead atoms. The van der Waals surface area contributed by atoms with E-state index in [-0.39, 0.29) is 5.91 Å². The van der Waals surface area contributed by atoms with Crippen LogP contribution in [0.1, 0.15) is 16.1 Å². The number of anilines is 1. The zero-order valence-corrected chi connectivity index (χ0v) is 11.5. The third-order valence-electron chi connectivity index (χ3n) is 3.13. The molecule has 0 unspecified atom stereocenters. The van der Waals surface area contributed by atoms with Crippen molar-refractivity contribution in [2.75, 3.05) is 12.4 Å². The van der Waals surface area contributed by atoms with Crippen LogP contribution in [0.15, 0.2) is 47.1 Å². The van der Waals surface area contributed by atoms with E-state index in [1.807, 2.05) is 24.3 Å². The van der Waals surface area contributed by atoms with Gasteiger partial charge in [-0.1, -0.05) is 23.4 Å². The van der Waals surface area contributed by atoms with Gasteiger partial charge >= 0.3 is 0 Å². The monoisotopic (exact) mass is 282 g/mol. The van der Waals surface area contributed by atoms with E-state index in [4.69, 9.17) is 4.52 Å². The molecule has 6 nitrogen and oxygen atoms in total. The fourth-order valence-corrected chi connectivity index (χ4v) is 2.09. The number of nitrogens with one attached hydrogen (secondary N) is 2. The van der Waals surface area contributed by atoms with Crippen LogP contribution in [0.5, 0.6) is 0 Å². The number of fused-ring (bicyclic) bond motifs is 1. The van der Waals surface area contributed by atoms with E-state index in [0.717, 1.165) is 10.9 Å². The first-order valence-electron chi connectivity index (χ1n) is 6.53. The number of hydrogen-bond acceptors (Lipinski definition) is 5.